The standard InChI is InChI=1S/C16H17NO2/c1-12-8-7-11-14(19-3)15(12)17(2)16(18)13-9-5-4-6-10-13/h4-11H,1-3H3. The minimum atomic E-state index is -0.0480. The van der Waals surface area contributed by atoms with Crippen LogP contribution < -0.4 is 9.64 Å². The monoisotopic (exact) mass is 255 g/mol. The third-order valence-electron chi connectivity index (χ3n) is 3.08. The smallest absolute Gasteiger partial charge is 0.258 e. The molecule has 2 aromatic carbocycles. The fourth-order valence-corrected chi connectivity index (χ4v) is 2.10. The van der Waals surface area contributed by atoms with Crippen molar-refractivity contribution in [1.82, 2.24) is 0 Å². The van der Waals surface area contributed by atoms with Crippen molar-refractivity contribution in [2.24, 2.45) is 0 Å². The van der Waals surface area contributed by atoms with Gasteiger partial charge in [0.1, 0.15) is 5.75 Å². The first-order valence-corrected chi connectivity index (χ1v) is 6.12. The van der Waals surface area contributed by atoms with E-state index in [1.165, 1.54) is 0 Å². The normalized spacial score (nSPS) is 10.1. The van der Waals surface area contributed by atoms with Crippen molar-refractivity contribution in [3.05, 3.63) is 59.7 Å². The molecule has 0 spiro atoms. The van der Waals surface area contributed by atoms with E-state index in [4.69, 9.17) is 4.74 Å². The van der Waals surface area contributed by atoms with Crippen molar-refractivity contribution in [2.75, 3.05) is 19.1 Å². The molecule has 0 N–H and O–H groups in total. The van der Waals surface area contributed by atoms with E-state index in [0.29, 0.717) is 11.3 Å². The van der Waals surface area contributed by atoms with Gasteiger partial charge in [-0.2, -0.15) is 0 Å². The molecule has 0 radical (unpaired) electrons. The molecule has 0 aliphatic rings. The highest BCUT2D eigenvalue weighted by molar-refractivity contribution is 6.06. The highest BCUT2D eigenvalue weighted by atomic mass is 16.5. The third kappa shape index (κ3) is 2.60. The van der Waals surface area contributed by atoms with Crippen molar-refractivity contribution in [3.63, 3.8) is 0 Å². The van der Waals surface area contributed by atoms with Gasteiger partial charge >= 0.3 is 0 Å². The van der Waals surface area contributed by atoms with E-state index < -0.39 is 0 Å². The first-order valence-electron chi connectivity index (χ1n) is 6.12. The second kappa shape index (κ2) is 5.57. The molecule has 0 unspecified atom stereocenters. The van der Waals surface area contributed by atoms with E-state index in [-0.39, 0.29) is 5.91 Å². The van der Waals surface area contributed by atoms with Crippen LogP contribution >= 0.6 is 0 Å². The predicted octanol–water partition coefficient (Wildman–Crippen LogP) is 3.28. The van der Waals surface area contributed by atoms with Crippen molar-refractivity contribution in [3.8, 4) is 5.75 Å². The Bertz CT molecular complexity index is 579. The fraction of sp³-hybridized carbons (Fsp3) is 0.188. The summed E-state index contributed by atoms with van der Waals surface area (Å²) in [6, 6.07) is 15.0. The number of hydrogen-bond donors (Lipinski definition) is 0. The first kappa shape index (κ1) is 13.1. The van der Waals surface area contributed by atoms with Gasteiger partial charge in [0.25, 0.3) is 5.91 Å². The van der Waals surface area contributed by atoms with Gasteiger partial charge in [-0.25, -0.2) is 0 Å². The number of hydrogen-bond acceptors (Lipinski definition) is 2. The molecule has 2 aromatic rings. The Hall–Kier alpha value is -2.29. The van der Waals surface area contributed by atoms with Gasteiger partial charge < -0.3 is 9.64 Å². The van der Waals surface area contributed by atoms with E-state index >= 15 is 0 Å². The van der Waals surface area contributed by atoms with E-state index in [1.54, 1.807) is 19.1 Å². The number of nitrogens with zero attached hydrogens (tertiary/aromatic N) is 1. The van der Waals surface area contributed by atoms with Crippen LogP contribution in [0.5, 0.6) is 5.75 Å². The number of rotatable bonds is 3. The molecule has 98 valence electrons. The zero-order valence-corrected chi connectivity index (χ0v) is 11.4. The average molecular weight is 255 g/mol. The maximum absolute atomic E-state index is 12.4. The molecule has 0 saturated heterocycles. The summed E-state index contributed by atoms with van der Waals surface area (Å²) in [5.74, 6) is 0.653. The summed E-state index contributed by atoms with van der Waals surface area (Å²) in [5, 5.41) is 0. The summed E-state index contributed by atoms with van der Waals surface area (Å²) >= 11 is 0. The van der Waals surface area contributed by atoms with Crippen LogP contribution in [0, 0.1) is 6.92 Å². The lowest BCUT2D eigenvalue weighted by molar-refractivity contribution is 0.0992. The predicted molar refractivity (Wildman–Crippen MR) is 76.9 cm³/mol. The number of anilines is 1. The Labute approximate surface area is 113 Å². The van der Waals surface area contributed by atoms with Crippen LogP contribution in [0.3, 0.4) is 0 Å². The Morgan fingerprint density at radius 3 is 2.37 bits per heavy atom. The maximum atomic E-state index is 12.4. The van der Waals surface area contributed by atoms with Gasteiger partial charge in [-0.1, -0.05) is 30.3 Å². The number of aryl methyl sites for hydroxylation is 1. The molecule has 0 saturated carbocycles. The molecule has 3 nitrogen and oxygen atoms in total. The van der Waals surface area contributed by atoms with E-state index in [2.05, 4.69) is 0 Å². The highest BCUT2D eigenvalue weighted by Crippen LogP contribution is 2.31. The fourth-order valence-electron chi connectivity index (χ4n) is 2.10. The number of para-hydroxylation sites is 1. The molecule has 0 fully saturated rings. The molecule has 3 heteroatoms. The van der Waals surface area contributed by atoms with Gasteiger partial charge in [-0.05, 0) is 30.7 Å². The number of amides is 1. The van der Waals surface area contributed by atoms with Gasteiger partial charge in [-0.15, -0.1) is 0 Å². The Morgan fingerprint density at radius 2 is 1.74 bits per heavy atom. The molecular formula is C16H17NO2. The lowest BCUT2D eigenvalue weighted by Gasteiger charge is -2.22. The molecule has 0 bridgehead atoms. The van der Waals surface area contributed by atoms with Gasteiger partial charge in [0.15, 0.2) is 0 Å². The van der Waals surface area contributed by atoms with Crippen LogP contribution in [-0.4, -0.2) is 20.1 Å². The number of carbonyl (C=O) groups excluding carboxylic acids is 1. The zero-order chi connectivity index (χ0) is 13.8. The van der Waals surface area contributed by atoms with Crippen molar-refractivity contribution < 1.29 is 9.53 Å². The lowest BCUT2D eigenvalue weighted by Crippen LogP contribution is -2.27. The third-order valence-corrected chi connectivity index (χ3v) is 3.08. The molecule has 1 amide bonds. The second-order valence-electron chi connectivity index (χ2n) is 4.36. The molecule has 2 rings (SSSR count). The summed E-state index contributed by atoms with van der Waals surface area (Å²) in [4.78, 5) is 14.1. The SMILES string of the molecule is COc1cccc(C)c1N(C)C(=O)c1ccccc1. The highest BCUT2D eigenvalue weighted by Gasteiger charge is 2.18. The molecule has 0 aliphatic heterocycles. The molecular weight excluding hydrogens is 238 g/mol. The van der Waals surface area contributed by atoms with Gasteiger partial charge in [0.2, 0.25) is 0 Å². The summed E-state index contributed by atoms with van der Waals surface area (Å²) < 4.78 is 5.34. The second-order valence-corrected chi connectivity index (χ2v) is 4.36. The minimum Gasteiger partial charge on any atom is -0.495 e. The zero-order valence-electron chi connectivity index (χ0n) is 11.4. The summed E-state index contributed by atoms with van der Waals surface area (Å²) in [7, 11) is 3.37. The van der Waals surface area contributed by atoms with Crippen LogP contribution in [0.25, 0.3) is 0 Å². The van der Waals surface area contributed by atoms with Crippen LogP contribution in [-0.2, 0) is 0 Å². The van der Waals surface area contributed by atoms with Gasteiger partial charge in [-0.3, -0.25) is 4.79 Å². The van der Waals surface area contributed by atoms with Crippen LogP contribution in [0.1, 0.15) is 15.9 Å². The Kier molecular flexibility index (Phi) is 3.85. The van der Waals surface area contributed by atoms with Crippen LogP contribution in [0.4, 0.5) is 5.69 Å². The number of carbonyl (C=O) groups is 1. The lowest BCUT2D eigenvalue weighted by atomic mass is 10.1. The average Bonchev–Trinajstić information content (AvgIpc) is 2.46. The molecule has 0 heterocycles. The molecule has 0 atom stereocenters. The Balaban J connectivity index is 2.40. The number of ether oxygens (including phenoxy) is 1. The topological polar surface area (TPSA) is 29.5 Å². The summed E-state index contributed by atoms with van der Waals surface area (Å²) in [6.45, 7) is 1.96. The van der Waals surface area contributed by atoms with Crippen molar-refractivity contribution in [1.29, 1.82) is 0 Å². The summed E-state index contributed by atoms with van der Waals surface area (Å²) in [6.07, 6.45) is 0. The minimum absolute atomic E-state index is 0.0480. The van der Waals surface area contributed by atoms with E-state index in [1.807, 2.05) is 55.5 Å². The van der Waals surface area contributed by atoms with E-state index in [9.17, 15) is 4.79 Å². The number of benzene rings is 2. The summed E-state index contributed by atoms with van der Waals surface area (Å²) in [5.41, 5.74) is 2.47. The maximum Gasteiger partial charge on any atom is 0.258 e. The Morgan fingerprint density at radius 1 is 1.05 bits per heavy atom. The van der Waals surface area contributed by atoms with E-state index in [0.717, 1.165) is 11.3 Å². The first-order chi connectivity index (χ1) is 9.15. The molecule has 19 heavy (non-hydrogen) atoms. The van der Waals surface area contributed by atoms with Gasteiger partial charge in [0, 0.05) is 12.6 Å². The van der Waals surface area contributed by atoms with Crippen molar-refractivity contribution >= 4 is 11.6 Å². The largest absolute Gasteiger partial charge is 0.495 e. The quantitative estimate of drug-likeness (QED) is 0.842. The van der Waals surface area contributed by atoms with Crippen molar-refractivity contribution in [2.45, 2.75) is 6.92 Å². The molecule has 0 aromatic heterocycles. The number of methoxy groups -OCH3 is 1. The molecule has 0 aliphatic carbocycles. The van der Waals surface area contributed by atoms with Crippen LogP contribution in [0.2, 0.25) is 0 Å². The van der Waals surface area contributed by atoms with Crippen LogP contribution in [0.15, 0.2) is 48.5 Å². The van der Waals surface area contributed by atoms with Gasteiger partial charge in [0.05, 0.1) is 12.8 Å².